The summed E-state index contributed by atoms with van der Waals surface area (Å²) in [5, 5.41) is 3.61. The first-order chi connectivity index (χ1) is 12.0. The van der Waals surface area contributed by atoms with Gasteiger partial charge in [0.2, 0.25) is 5.91 Å². The highest BCUT2D eigenvalue weighted by Gasteiger charge is 2.10. The Hall–Kier alpha value is -1.98. The van der Waals surface area contributed by atoms with Gasteiger partial charge >= 0.3 is 5.97 Å². The zero-order valence-electron chi connectivity index (χ0n) is 14.1. The molecule has 0 bridgehead atoms. The fraction of sp³-hybridized carbons (Fsp3) is 0.263. The van der Waals surface area contributed by atoms with E-state index in [0.717, 1.165) is 11.1 Å². The van der Waals surface area contributed by atoms with Crippen molar-refractivity contribution in [3.8, 4) is 0 Å². The number of esters is 1. The molecular weight excluding hydrogens is 358 g/mol. The number of hydrogen-bond donors (Lipinski definition) is 1. The number of ether oxygens (including phenoxy) is 1. The first kappa shape index (κ1) is 19.3. The number of benzene rings is 2. The van der Waals surface area contributed by atoms with Crippen LogP contribution in [-0.2, 0) is 15.3 Å². The molecule has 1 atom stereocenters. The number of methoxy groups -OCH3 is 1. The van der Waals surface area contributed by atoms with Gasteiger partial charge in [-0.3, -0.25) is 4.79 Å². The zero-order chi connectivity index (χ0) is 18.2. The van der Waals surface area contributed by atoms with Crippen molar-refractivity contribution in [3.63, 3.8) is 0 Å². The topological polar surface area (TPSA) is 55.4 Å². The molecule has 4 nitrogen and oxygen atoms in total. The van der Waals surface area contributed by atoms with Crippen molar-refractivity contribution in [2.75, 3.05) is 12.9 Å². The molecule has 0 aliphatic heterocycles. The summed E-state index contributed by atoms with van der Waals surface area (Å²) in [6.07, 6.45) is 0. The van der Waals surface area contributed by atoms with Gasteiger partial charge in [0.15, 0.2) is 0 Å². The van der Waals surface area contributed by atoms with Crippen LogP contribution >= 0.6 is 23.4 Å². The van der Waals surface area contributed by atoms with E-state index < -0.39 is 0 Å². The van der Waals surface area contributed by atoms with E-state index in [4.69, 9.17) is 16.3 Å². The predicted octanol–water partition coefficient (Wildman–Crippen LogP) is 4.24. The number of nitrogens with one attached hydrogen (secondary N) is 1. The minimum absolute atomic E-state index is 0.0402. The second kappa shape index (κ2) is 9.49. The molecule has 2 rings (SSSR count). The van der Waals surface area contributed by atoms with Crippen LogP contribution in [0.1, 0.15) is 34.5 Å². The smallest absolute Gasteiger partial charge is 0.337 e. The van der Waals surface area contributed by atoms with E-state index in [0.29, 0.717) is 22.1 Å². The summed E-state index contributed by atoms with van der Waals surface area (Å²) >= 11 is 7.47. The first-order valence-electron chi connectivity index (χ1n) is 7.79. The van der Waals surface area contributed by atoms with Gasteiger partial charge in [-0.05, 0) is 42.3 Å². The number of carbonyl (C=O) groups is 2. The number of thioether (sulfide) groups is 1. The molecule has 0 heterocycles. The largest absolute Gasteiger partial charge is 0.465 e. The summed E-state index contributed by atoms with van der Waals surface area (Å²) in [6, 6.07) is 14.6. The Labute approximate surface area is 156 Å². The zero-order valence-corrected chi connectivity index (χ0v) is 15.7. The molecule has 2 aromatic rings. The lowest BCUT2D eigenvalue weighted by Crippen LogP contribution is -2.28. The number of carbonyl (C=O) groups excluding carboxylic acids is 2. The van der Waals surface area contributed by atoms with Gasteiger partial charge in [0.25, 0.3) is 0 Å². The lowest BCUT2D eigenvalue weighted by molar-refractivity contribution is -0.119. The summed E-state index contributed by atoms with van der Waals surface area (Å²) in [7, 11) is 1.36. The second-order valence-electron chi connectivity index (χ2n) is 5.53. The van der Waals surface area contributed by atoms with Crippen LogP contribution in [0.4, 0.5) is 0 Å². The highest BCUT2D eigenvalue weighted by molar-refractivity contribution is 7.99. The van der Waals surface area contributed by atoms with Crippen LogP contribution in [0.2, 0.25) is 5.02 Å². The molecule has 0 fully saturated rings. The quantitative estimate of drug-likeness (QED) is 0.733. The molecule has 6 heteroatoms. The van der Waals surface area contributed by atoms with E-state index in [2.05, 4.69) is 5.32 Å². The average molecular weight is 378 g/mol. The molecule has 2 aromatic carbocycles. The maximum Gasteiger partial charge on any atom is 0.337 e. The van der Waals surface area contributed by atoms with Gasteiger partial charge in [-0.2, -0.15) is 0 Å². The van der Waals surface area contributed by atoms with Crippen molar-refractivity contribution in [2.45, 2.75) is 18.7 Å². The van der Waals surface area contributed by atoms with Crippen molar-refractivity contribution >= 4 is 35.2 Å². The molecule has 0 saturated carbocycles. The van der Waals surface area contributed by atoms with Gasteiger partial charge in [0, 0.05) is 10.8 Å². The minimum Gasteiger partial charge on any atom is -0.465 e. The highest BCUT2D eigenvalue weighted by atomic mass is 35.5. The third-order valence-electron chi connectivity index (χ3n) is 3.58. The molecule has 132 valence electrons. The summed E-state index contributed by atoms with van der Waals surface area (Å²) < 4.78 is 4.71. The Kier molecular flexibility index (Phi) is 7.34. The minimum atomic E-state index is -0.361. The number of halogens is 1. The van der Waals surface area contributed by atoms with E-state index in [1.807, 2.05) is 37.3 Å². The fourth-order valence-electron chi connectivity index (χ4n) is 2.31. The molecule has 0 spiro atoms. The van der Waals surface area contributed by atoms with Crippen molar-refractivity contribution in [1.29, 1.82) is 0 Å². The van der Waals surface area contributed by atoms with Crippen molar-refractivity contribution in [1.82, 2.24) is 5.32 Å². The van der Waals surface area contributed by atoms with E-state index in [1.165, 1.54) is 18.9 Å². The van der Waals surface area contributed by atoms with Crippen LogP contribution in [0.3, 0.4) is 0 Å². The average Bonchev–Trinajstić information content (AvgIpc) is 2.61. The first-order valence-corrected chi connectivity index (χ1v) is 9.32. The van der Waals surface area contributed by atoms with Crippen molar-refractivity contribution in [2.24, 2.45) is 0 Å². The third-order valence-corrected chi connectivity index (χ3v) is 4.82. The van der Waals surface area contributed by atoms with Gasteiger partial charge in [-0.1, -0.05) is 35.9 Å². The van der Waals surface area contributed by atoms with Gasteiger partial charge in [0.1, 0.15) is 0 Å². The van der Waals surface area contributed by atoms with Crippen LogP contribution in [0.25, 0.3) is 0 Å². The van der Waals surface area contributed by atoms with Crippen molar-refractivity contribution in [3.05, 3.63) is 70.2 Å². The highest BCUT2D eigenvalue weighted by Crippen LogP contribution is 2.18. The van der Waals surface area contributed by atoms with Crippen LogP contribution in [-0.4, -0.2) is 24.7 Å². The SMILES string of the molecule is COC(=O)c1cccc(CSCC(=O)N[C@H](C)c2cccc(Cl)c2)c1. The van der Waals surface area contributed by atoms with E-state index in [9.17, 15) is 9.59 Å². The predicted molar refractivity (Wildman–Crippen MR) is 102 cm³/mol. The second-order valence-corrected chi connectivity index (χ2v) is 6.95. The molecule has 1 amide bonds. The number of amides is 1. The van der Waals surface area contributed by atoms with Crippen molar-refractivity contribution < 1.29 is 14.3 Å². The van der Waals surface area contributed by atoms with Gasteiger partial charge in [-0.25, -0.2) is 4.79 Å². The van der Waals surface area contributed by atoms with Crippen LogP contribution in [0.5, 0.6) is 0 Å². The molecule has 0 aromatic heterocycles. The Balaban J connectivity index is 1.81. The Bertz CT molecular complexity index is 751. The molecule has 0 aliphatic carbocycles. The summed E-state index contributed by atoms with van der Waals surface area (Å²) in [5.74, 6) is 0.582. The van der Waals surface area contributed by atoms with Gasteiger partial charge < -0.3 is 10.1 Å². The molecule has 0 radical (unpaired) electrons. The maximum atomic E-state index is 12.1. The van der Waals surface area contributed by atoms with E-state index >= 15 is 0 Å². The summed E-state index contributed by atoms with van der Waals surface area (Å²) in [4.78, 5) is 23.6. The summed E-state index contributed by atoms with van der Waals surface area (Å²) in [5.41, 5.74) is 2.46. The number of hydrogen-bond acceptors (Lipinski definition) is 4. The number of rotatable bonds is 7. The molecular formula is C19H20ClNO3S. The van der Waals surface area contributed by atoms with Gasteiger partial charge in [0.05, 0.1) is 24.5 Å². The molecule has 0 saturated heterocycles. The van der Waals surface area contributed by atoms with Crippen LogP contribution in [0, 0.1) is 0 Å². The Morgan fingerprint density at radius 3 is 2.68 bits per heavy atom. The molecule has 25 heavy (non-hydrogen) atoms. The Morgan fingerprint density at radius 2 is 1.96 bits per heavy atom. The Morgan fingerprint density at radius 1 is 1.20 bits per heavy atom. The molecule has 0 aliphatic rings. The van der Waals surface area contributed by atoms with Crippen LogP contribution < -0.4 is 5.32 Å². The van der Waals surface area contributed by atoms with Crippen LogP contribution in [0.15, 0.2) is 48.5 Å². The van der Waals surface area contributed by atoms with Gasteiger partial charge in [-0.15, -0.1) is 11.8 Å². The van der Waals surface area contributed by atoms with E-state index in [-0.39, 0.29) is 17.9 Å². The molecule has 1 N–H and O–H groups in total. The molecule has 0 unspecified atom stereocenters. The lowest BCUT2D eigenvalue weighted by Gasteiger charge is -2.14. The third kappa shape index (κ3) is 6.11. The standard InChI is InChI=1S/C19H20ClNO3S/c1-13(15-6-4-8-17(20)10-15)21-18(22)12-25-11-14-5-3-7-16(9-14)19(23)24-2/h3-10,13H,11-12H2,1-2H3,(H,21,22)/t13-/m1/s1. The monoisotopic (exact) mass is 377 g/mol. The fourth-order valence-corrected chi connectivity index (χ4v) is 3.29. The maximum absolute atomic E-state index is 12.1. The van der Waals surface area contributed by atoms with E-state index in [1.54, 1.807) is 18.2 Å². The normalized spacial score (nSPS) is 11.6. The summed E-state index contributed by atoms with van der Waals surface area (Å²) in [6.45, 7) is 1.92. The lowest BCUT2D eigenvalue weighted by atomic mass is 10.1.